The zero-order chi connectivity index (χ0) is 11.3. The minimum atomic E-state index is 0.370. The minimum Gasteiger partial charge on any atom is -0.381 e. The summed E-state index contributed by atoms with van der Waals surface area (Å²) < 4.78 is 5.38. The highest BCUT2D eigenvalue weighted by Gasteiger charge is 2.27. The smallest absolute Gasteiger partial charge is 0.0599 e. The Balaban J connectivity index is 2.50. The zero-order valence-electron chi connectivity index (χ0n) is 9.58. The van der Waals surface area contributed by atoms with Crippen LogP contribution in [-0.2, 0) is 4.74 Å². The van der Waals surface area contributed by atoms with Crippen LogP contribution in [0.25, 0.3) is 0 Å². The molecule has 1 heterocycles. The van der Waals surface area contributed by atoms with Gasteiger partial charge in [-0.05, 0) is 25.3 Å². The average molecular weight is 233 g/mol. The molecular formula is C11H21ClN2O. The van der Waals surface area contributed by atoms with E-state index < -0.39 is 0 Å². The Morgan fingerprint density at radius 3 is 2.93 bits per heavy atom. The Morgan fingerprint density at radius 2 is 2.40 bits per heavy atom. The average Bonchev–Trinajstić information content (AvgIpc) is 2.29. The number of ether oxygens (including phenoxy) is 1. The molecule has 15 heavy (non-hydrogen) atoms. The maximum absolute atomic E-state index is 5.78. The standard InChI is InChI=1S/C11H21ClN2O/c1-9(6-12)8-14-4-3-11(15-2)5-10(14)7-13/h6,10-11H,3-5,7-8,13H2,1-2H3. The fraction of sp³-hybridized carbons (Fsp3) is 0.818. The zero-order valence-corrected chi connectivity index (χ0v) is 10.3. The number of nitrogens with zero attached hydrogens (tertiary/aromatic N) is 1. The van der Waals surface area contributed by atoms with Crippen molar-refractivity contribution in [2.24, 2.45) is 5.73 Å². The molecule has 0 amide bonds. The van der Waals surface area contributed by atoms with Gasteiger partial charge in [-0.15, -0.1) is 0 Å². The van der Waals surface area contributed by atoms with Gasteiger partial charge in [0, 0.05) is 38.3 Å². The van der Waals surface area contributed by atoms with Crippen LogP contribution in [-0.4, -0.2) is 43.8 Å². The van der Waals surface area contributed by atoms with Crippen LogP contribution in [0.3, 0.4) is 0 Å². The summed E-state index contributed by atoms with van der Waals surface area (Å²) in [5, 5.41) is 0. The Hall–Kier alpha value is -0.0900. The van der Waals surface area contributed by atoms with E-state index in [1.807, 2.05) is 6.92 Å². The number of piperidine rings is 1. The number of halogens is 1. The van der Waals surface area contributed by atoms with E-state index in [0.717, 1.165) is 25.9 Å². The van der Waals surface area contributed by atoms with Gasteiger partial charge < -0.3 is 10.5 Å². The third kappa shape index (κ3) is 3.76. The SMILES string of the molecule is COC1CCN(CC(C)=CCl)C(CN)C1. The van der Waals surface area contributed by atoms with Crippen LogP contribution in [0.2, 0.25) is 0 Å². The predicted molar refractivity (Wildman–Crippen MR) is 64.1 cm³/mol. The van der Waals surface area contributed by atoms with Crippen molar-refractivity contribution in [3.63, 3.8) is 0 Å². The monoisotopic (exact) mass is 232 g/mol. The van der Waals surface area contributed by atoms with Crippen LogP contribution in [0.4, 0.5) is 0 Å². The van der Waals surface area contributed by atoms with E-state index >= 15 is 0 Å². The Kier molecular flexibility index (Phi) is 5.61. The summed E-state index contributed by atoms with van der Waals surface area (Å²) in [5.41, 5.74) is 8.61. The van der Waals surface area contributed by atoms with Crippen LogP contribution in [0.5, 0.6) is 0 Å². The lowest BCUT2D eigenvalue weighted by Crippen LogP contribution is -2.48. The summed E-state index contributed by atoms with van der Waals surface area (Å²) in [6, 6.07) is 0.426. The lowest BCUT2D eigenvalue weighted by Gasteiger charge is -2.38. The summed E-state index contributed by atoms with van der Waals surface area (Å²) >= 11 is 5.67. The maximum atomic E-state index is 5.78. The number of rotatable bonds is 4. The number of hydrogen-bond acceptors (Lipinski definition) is 3. The number of likely N-dealkylation sites (tertiary alicyclic amines) is 1. The summed E-state index contributed by atoms with van der Waals surface area (Å²) in [4.78, 5) is 2.39. The van der Waals surface area contributed by atoms with E-state index in [9.17, 15) is 0 Å². The van der Waals surface area contributed by atoms with Crippen LogP contribution in [0.1, 0.15) is 19.8 Å². The molecule has 0 aliphatic carbocycles. The molecule has 0 aromatic carbocycles. The first-order valence-corrected chi connectivity index (χ1v) is 5.87. The van der Waals surface area contributed by atoms with Gasteiger partial charge in [0.05, 0.1) is 6.10 Å². The van der Waals surface area contributed by atoms with E-state index in [0.29, 0.717) is 18.7 Å². The number of nitrogens with two attached hydrogens (primary N) is 1. The van der Waals surface area contributed by atoms with E-state index in [4.69, 9.17) is 22.1 Å². The van der Waals surface area contributed by atoms with E-state index in [1.54, 1.807) is 12.6 Å². The molecule has 3 nitrogen and oxygen atoms in total. The molecule has 2 N–H and O–H groups in total. The van der Waals surface area contributed by atoms with Gasteiger partial charge >= 0.3 is 0 Å². The highest BCUT2D eigenvalue weighted by atomic mass is 35.5. The molecule has 4 heteroatoms. The summed E-state index contributed by atoms with van der Waals surface area (Å²) in [5.74, 6) is 0. The summed E-state index contributed by atoms with van der Waals surface area (Å²) in [6.07, 6.45) is 2.49. The second-order valence-corrected chi connectivity index (χ2v) is 4.42. The minimum absolute atomic E-state index is 0.370. The van der Waals surface area contributed by atoms with Crippen molar-refractivity contribution in [3.8, 4) is 0 Å². The van der Waals surface area contributed by atoms with Crippen LogP contribution in [0.15, 0.2) is 11.1 Å². The lowest BCUT2D eigenvalue weighted by molar-refractivity contribution is 0.0168. The Labute approximate surface area is 97.2 Å². The quantitative estimate of drug-likeness (QED) is 0.800. The fourth-order valence-corrected chi connectivity index (χ4v) is 2.15. The van der Waals surface area contributed by atoms with Gasteiger partial charge in [-0.2, -0.15) is 0 Å². The third-order valence-corrected chi connectivity index (χ3v) is 3.41. The molecule has 0 saturated carbocycles. The van der Waals surface area contributed by atoms with Crippen molar-refractivity contribution in [1.29, 1.82) is 0 Å². The first-order valence-electron chi connectivity index (χ1n) is 5.44. The van der Waals surface area contributed by atoms with Gasteiger partial charge in [0.15, 0.2) is 0 Å². The predicted octanol–water partition coefficient (Wildman–Crippen LogP) is 1.57. The van der Waals surface area contributed by atoms with Crippen molar-refractivity contribution < 1.29 is 4.74 Å². The van der Waals surface area contributed by atoms with Crippen LogP contribution < -0.4 is 5.73 Å². The molecule has 2 atom stereocenters. The largest absolute Gasteiger partial charge is 0.381 e. The normalized spacial score (nSPS) is 29.5. The molecule has 0 bridgehead atoms. The molecule has 2 unspecified atom stereocenters. The molecule has 1 aliphatic heterocycles. The second kappa shape index (κ2) is 6.48. The van der Waals surface area contributed by atoms with Crippen LogP contribution in [0, 0.1) is 0 Å². The molecular weight excluding hydrogens is 212 g/mol. The topological polar surface area (TPSA) is 38.5 Å². The van der Waals surface area contributed by atoms with Crippen molar-refractivity contribution in [1.82, 2.24) is 4.90 Å². The molecule has 0 aromatic heterocycles. The molecule has 1 aliphatic rings. The molecule has 1 fully saturated rings. The number of hydrogen-bond donors (Lipinski definition) is 1. The molecule has 0 spiro atoms. The van der Waals surface area contributed by atoms with Gasteiger partial charge in [-0.25, -0.2) is 0 Å². The number of methoxy groups -OCH3 is 1. The van der Waals surface area contributed by atoms with Gasteiger partial charge in [-0.1, -0.05) is 11.6 Å². The lowest BCUT2D eigenvalue weighted by atomic mass is 9.99. The van der Waals surface area contributed by atoms with Crippen molar-refractivity contribution in [3.05, 3.63) is 11.1 Å². The fourth-order valence-electron chi connectivity index (χ4n) is 2.09. The van der Waals surface area contributed by atoms with Crippen molar-refractivity contribution in [2.45, 2.75) is 31.9 Å². The van der Waals surface area contributed by atoms with Crippen LogP contribution >= 0.6 is 11.6 Å². The van der Waals surface area contributed by atoms with Gasteiger partial charge in [0.1, 0.15) is 0 Å². The molecule has 88 valence electrons. The first-order chi connectivity index (χ1) is 7.21. The molecule has 1 rings (SSSR count). The molecule has 0 aromatic rings. The highest BCUT2D eigenvalue weighted by molar-refractivity contribution is 6.25. The maximum Gasteiger partial charge on any atom is 0.0599 e. The van der Waals surface area contributed by atoms with E-state index in [2.05, 4.69) is 4.90 Å². The van der Waals surface area contributed by atoms with Crippen molar-refractivity contribution >= 4 is 11.6 Å². The molecule has 0 radical (unpaired) electrons. The van der Waals surface area contributed by atoms with Gasteiger partial charge in [-0.3, -0.25) is 4.90 Å². The van der Waals surface area contributed by atoms with Gasteiger partial charge in [0.25, 0.3) is 0 Å². The Bertz CT molecular complexity index is 221. The summed E-state index contributed by atoms with van der Waals surface area (Å²) in [7, 11) is 1.78. The van der Waals surface area contributed by atoms with Gasteiger partial charge in [0.2, 0.25) is 0 Å². The second-order valence-electron chi connectivity index (χ2n) is 4.20. The Morgan fingerprint density at radius 1 is 1.67 bits per heavy atom. The first kappa shape index (κ1) is 13.0. The van der Waals surface area contributed by atoms with Crippen molar-refractivity contribution in [2.75, 3.05) is 26.7 Å². The molecule has 1 saturated heterocycles. The van der Waals surface area contributed by atoms with E-state index in [1.165, 1.54) is 5.57 Å². The third-order valence-electron chi connectivity index (χ3n) is 3.03. The van der Waals surface area contributed by atoms with E-state index in [-0.39, 0.29) is 0 Å². The highest BCUT2D eigenvalue weighted by Crippen LogP contribution is 2.20. The summed E-state index contributed by atoms with van der Waals surface area (Å²) in [6.45, 7) is 4.70.